The minimum absolute atomic E-state index is 0.0334. The average molecular weight is 314 g/mol. The third-order valence-corrected chi connectivity index (χ3v) is 3.70. The minimum Gasteiger partial charge on any atom is -0.489 e. The first-order valence-electron chi connectivity index (χ1n) is 6.75. The fourth-order valence-electron chi connectivity index (χ4n) is 2.02. The van der Waals surface area contributed by atoms with Crippen LogP contribution >= 0.6 is 11.8 Å². The second-order valence-corrected chi connectivity index (χ2v) is 6.03. The van der Waals surface area contributed by atoms with E-state index in [0.717, 1.165) is 17.3 Å². The highest BCUT2D eigenvalue weighted by molar-refractivity contribution is 8.18. The highest BCUT2D eigenvalue weighted by atomic mass is 32.2. The van der Waals surface area contributed by atoms with Crippen molar-refractivity contribution in [3.8, 4) is 5.75 Å². The summed E-state index contributed by atoms with van der Waals surface area (Å²) in [6.07, 6.45) is 3.38. The first-order valence-corrected chi connectivity index (χ1v) is 7.56. The summed E-state index contributed by atoms with van der Waals surface area (Å²) in [5, 5.41) is 10.0. The molecule has 0 radical (unpaired) electrons. The molecule has 0 spiro atoms. The zero-order valence-corrected chi connectivity index (χ0v) is 12.9. The second-order valence-electron chi connectivity index (χ2n) is 4.97. The van der Waals surface area contributed by atoms with Crippen LogP contribution in [0.5, 0.6) is 5.75 Å². The van der Waals surface area contributed by atoms with E-state index in [2.05, 4.69) is 15.3 Å². The average Bonchev–Trinajstić information content (AvgIpc) is 2.77. The number of amides is 1. The summed E-state index contributed by atoms with van der Waals surface area (Å²) in [7, 11) is 0. The molecular formula is C15H14N4O2S. The van der Waals surface area contributed by atoms with Gasteiger partial charge in [-0.2, -0.15) is 0 Å². The highest BCUT2D eigenvalue weighted by Gasteiger charge is 2.22. The lowest BCUT2D eigenvalue weighted by atomic mass is 10.2. The minimum atomic E-state index is -0.276. The Morgan fingerprint density at radius 1 is 1.36 bits per heavy atom. The van der Waals surface area contributed by atoms with Crippen molar-refractivity contribution in [2.45, 2.75) is 20.0 Å². The van der Waals surface area contributed by atoms with Gasteiger partial charge in [-0.25, -0.2) is 4.98 Å². The van der Waals surface area contributed by atoms with Crippen molar-refractivity contribution in [2.75, 3.05) is 0 Å². The number of aromatic nitrogens is 2. The van der Waals surface area contributed by atoms with Crippen LogP contribution in [0.3, 0.4) is 0 Å². The Bertz CT molecular complexity index is 801. The first-order chi connectivity index (χ1) is 10.5. The third kappa shape index (κ3) is 2.94. The molecule has 7 heteroatoms. The van der Waals surface area contributed by atoms with Gasteiger partial charge >= 0.3 is 0 Å². The normalized spacial score (nSPS) is 16.6. The van der Waals surface area contributed by atoms with Gasteiger partial charge in [0.25, 0.3) is 5.91 Å². The lowest BCUT2D eigenvalue weighted by molar-refractivity contribution is -0.115. The molecule has 0 bridgehead atoms. The number of ether oxygens (including phenoxy) is 1. The molecule has 0 saturated carbocycles. The number of pyridine rings is 2. The SMILES string of the molecule is CC(C)Oc1ccnc2ccc(C=C3SC(=N)NC3=O)nc12. The summed E-state index contributed by atoms with van der Waals surface area (Å²) in [4.78, 5) is 20.9. The molecule has 3 rings (SSSR count). The van der Waals surface area contributed by atoms with Crippen LogP contribution < -0.4 is 10.1 Å². The summed E-state index contributed by atoms with van der Waals surface area (Å²) >= 11 is 1.09. The number of nitrogens with one attached hydrogen (secondary N) is 2. The van der Waals surface area contributed by atoms with Gasteiger partial charge in [0, 0.05) is 12.3 Å². The van der Waals surface area contributed by atoms with Gasteiger partial charge in [-0.15, -0.1) is 0 Å². The van der Waals surface area contributed by atoms with E-state index in [1.807, 2.05) is 19.9 Å². The Hall–Kier alpha value is -2.41. The van der Waals surface area contributed by atoms with Gasteiger partial charge in [-0.05, 0) is 43.8 Å². The molecule has 0 aromatic carbocycles. The Kier molecular flexibility index (Phi) is 3.81. The molecule has 1 saturated heterocycles. The van der Waals surface area contributed by atoms with Gasteiger partial charge in [0.1, 0.15) is 11.3 Å². The van der Waals surface area contributed by atoms with Gasteiger partial charge in [0.05, 0.1) is 22.2 Å². The van der Waals surface area contributed by atoms with Crippen molar-refractivity contribution in [2.24, 2.45) is 0 Å². The van der Waals surface area contributed by atoms with Gasteiger partial charge in [0.15, 0.2) is 5.17 Å². The molecule has 1 aliphatic rings. The van der Waals surface area contributed by atoms with E-state index in [-0.39, 0.29) is 17.2 Å². The standard InChI is InChI=1S/C15H14N4O2S/c1-8(2)21-11-5-6-17-10-4-3-9(18-13(10)11)7-12-14(20)19-15(16)22-12/h3-8H,1-2H3,(H2,16,19,20). The van der Waals surface area contributed by atoms with E-state index < -0.39 is 0 Å². The predicted molar refractivity (Wildman–Crippen MR) is 86.7 cm³/mol. The number of rotatable bonds is 3. The fourth-order valence-corrected chi connectivity index (χ4v) is 2.71. The van der Waals surface area contributed by atoms with Crippen LogP contribution in [0, 0.1) is 5.41 Å². The Balaban J connectivity index is 2.03. The van der Waals surface area contributed by atoms with Gasteiger partial charge in [0.2, 0.25) is 0 Å². The Labute approximate surface area is 131 Å². The molecule has 112 valence electrons. The maximum atomic E-state index is 11.7. The molecule has 22 heavy (non-hydrogen) atoms. The lowest BCUT2D eigenvalue weighted by Gasteiger charge is -2.11. The summed E-state index contributed by atoms with van der Waals surface area (Å²) in [5.74, 6) is 0.387. The number of fused-ring (bicyclic) bond motifs is 1. The molecule has 2 N–H and O–H groups in total. The number of amidine groups is 1. The van der Waals surface area contributed by atoms with E-state index >= 15 is 0 Å². The van der Waals surface area contributed by atoms with Crippen LogP contribution in [0.2, 0.25) is 0 Å². The van der Waals surface area contributed by atoms with Crippen LogP contribution in [0.1, 0.15) is 19.5 Å². The monoisotopic (exact) mass is 314 g/mol. The number of carbonyl (C=O) groups excluding carboxylic acids is 1. The molecule has 3 heterocycles. The molecule has 2 aromatic rings. The molecule has 0 unspecified atom stereocenters. The molecule has 0 atom stereocenters. The molecule has 1 amide bonds. The fraction of sp³-hybridized carbons (Fsp3) is 0.200. The molecule has 1 fully saturated rings. The van der Waals surface area contributed by atoms with Gasteiger partial charge in [-0.1, -0.05) is 0 Å². The summed E-state index contributed by atoms with van der Waals surface area (Å²) < 4.78 is 5.75. The zero-order valence-electron chi connectivity index (χ0n) is 12.1. The first kappa shape index (κ1) is 14.5. The van der Waals surface area contributed by atoms with E-state index in [4.69, 9.17) is 10.1 Å². The molecule has 0 aliphatic carbocycles. The van der Waals surface area contributed by atoms with Crippen LogP contribution in [-0.2, 0) is 4.79 Å². The van der Waals surface area contributed by atoms with Crippen LogP contribution in [0.4, 0.5) is 0 Å². The molecule has 6 nitrogen and oxygen atoms in total. The van der Waals surface area contributed by atoms with Crippen molar-refractivity contribution < 1.29 is 9.53 Å². The molecule has 2 aromatic heterocycles. The quantitative estimate of drug-likeness (QED) is 0.850. The number of carbonyl (C=O) groups is 1. The summed E-state index contributed by atoms with van der Waals surface area (Å²) in [6, 6.07) is 5.40. The largest absolute Gasteiger partial charge is 0.489 e. The number of hydrogen-bond acceptors (Lipinski definition) is 6. The van der Waals surface area contributed by atoms with Crippen molar-refractivity contribution in [3.63, 3.8) is 0 Å². The predicted octanol–water partition coefficient (Wildman–Crippen LogP) is 2.56. The van der Waals surface area contributed by atoms with E-state index in [9.17, 15) is 4.79 Å². The topological polar surface area (TPSA) is 88.0 Å². The highest BCUT2D eigenvalue weighted by Crippen LogP contribution is 2.27. The zero-order chi connectivity index (χ0) is 15.7. The van der Waals surface area contributed by atoms with Crippen molar-refractivity contribution >= 4 is 39.9 Å². The number of thioether (sulfide) groups is 1. The maximum absolute atomic E-state index is 11.7. The van der Waals surface area contributed by atoms with Crippen LogP contribution in [-0.4, -0.2) is 27.1 Å². The Morgan fingerprint density at radius 2 is 2.18 bits per heavy atom. The van der Waals surface area contributed by atoms with Gasteiger partial charge in [-0.3, -0.25) is 15.2 Å². The van der Waals surface area contributed by atoms with E-state index in [1.165, 1.54) is 0 Å². The Morgan fingerprint density at radius 3 is 2.86 bits per heavy atom. The molecular weight excluding hydrogens is 300 g/mol. The third-order valence-electron chi connectivity index (χ3n) is 2.87. The van der Waals surface area contributed by atoms with Crippen LogP contribution in [0.25, 0.3) is 17.1 Å². The molecule has 1 aliphatic heterocycles. The van der Waals surface area contributed by atoms with E-state index in [1.54, 1.807) is 24.4 Å². The van der Waals surface area contributed by atoms with Crippen LogP contribution in [0.15, 0.2) is 29.3 Å². The smallest absolute Gasteiger partial charge is 0.264 e. The van der Waals surface area contributed by atoms with E-state index in [0.29, 0.717) is 21.9 Å². The number of nitrogens with zero attached hydrogens (tertiary/aromatic N) is 2. The van der Waals surface area contributed by atoms with Gasteiger partial charge < -0.3 is 10.1 Å². The summed E-state index contributed by atoms with van der Waals surface area (Å²) in [5.41, 5.74) is 2.02. The van der Waals surface area contributed by atoms with Crippen molar-refractivity contribution in [1.29, 1.82) is 5.41 Å². The second kappa shape index (κ2) is 5.76. The lowest BCUT2D eigenvalue weighted by Crippen LogP contribution is -2.18. The van der Waals surface area contributed by atoms with Crippen molar-refractivity contribution in [1.82, 2.24) is 15.3 Å². The maximum Gasteiger partial charge on any atom is 0.264 e. The summed E-state index contributed by atoms with van der Waals surface area (Å²) in [6.45, 7) is 3.90. The number of hydrogen-bond donors (Lipinski definition) is 2. The van der Waals surface area contributed by atoms with Crippen molar-refractivity contribution in [3.05, 3.63) is 35.0 Å².